The maximum atomic E-state index is 13.0. The van der Waals surface area contributed by atoms with Gasteiger partial charge >= 0.3 is 5.97 Å². The number of esters is 1. The molecule has 0 aliphatic heterocycles. The predicted molar refractivity (Wildman–Crippen MR) is 126 cm³/mol. The minimum atomic E-state index is -0.910. The molecule has 2 aromatic rings. The molecule has 0 bridgehead atoms. The zero-order chi connectivity index (χ0) is 24.2. The lowest BCUT2D eigenvalue weighted by Gasteiger charge is -2.23. The summed E-state index contributed by atoms with van der Waals surface area (Å²) in [6.45, 7) is 6.74. The Bertz CT molecular complexity index is 917. The average Bonchev–Trinajstić information content (AvgIpc) is 2.80. The molecular formula is C24H33N3O6. The highest BCUT2D eigenvalue weighted by molar-refractivity contribution is 5.95. The topological polar surface area (TPSA) is 136 Å². The summed E-state index contributed by atoms with van der Waals surface area (Å²) in [6.07, 6.45) is 0.431. The Morgan fingerprint density at radius 1 is 1.00 bits per heavy atom. The van der Waals surface area contributed by atoms with Gasteiger partial charge in [0, 0.05) is 35.9 Å². The molecule has 33 heavy (non-hydrogen) atoms. The number of amidine groups is 1. The molecule has 1 atom stereocenters. The first kappa shape index (κ1) is 25.8. The van der Waals surface area contributed by atoms with E-state index in [2.05, 4.69) is 5.32 Å². The Hall–Kier alpha value is -3.46. The van der Waals surface area contributed by atoms with Crippen molar-refractivity contribution in [1.82, 2.24) is 0 Å². The molecule has 0 saturated carbocycles. The van der Waals surface area contributed by atoms with Crippen molar-refractivity contribution in [3.8, 4) is 17.2 Å². The highest BCUT2D eigenvalue weighted by Gasteiger charge is 2.28. The molecule has 0 aliphatic carbocycles. The Balaban J connectivity index is 2.53. The molecule has 0 heterocycles. The van der Waals surface area contributed by atoms with Crippen molar-refractivity contribution < 1.29 is 28.8 Å². The van der Waals surface area contributed by atoms with E-state index >= 15 is 0 Å². The molecular weight excluding hydrogens is 426 g/mol. The van der Waals surface area contributed by atoms with E-state index in [4.69, 9.17) is 35.2 Å². The van der Waals surface area contributed by atoms with Crippen LogP contribution in [0.25, 0.3) is 0 Å². The van der Waals surface area contributed by atoms with Crippen molar-refractivity contribution in [3.05, 3.63) is 47.5 Å². The van der Waals surface area contributed by atoms with Gasteiger partial charge in [-0.1, -0.05) is 0 Å². The van der Waals surface area contributed by atoms with Crippen molar-refractivity contribution >= 4 is 17.5 Å². The second kappa shape index (κ2) is 13.2. The van der Waals surface area contributed by atoms with Gasteiger partial charge in [-0.05, 0) is 51.1 Å². The van der Waals surface area contributed by atoms with Gasteiger partial charge in [0.05, 0.1) is 26.4 Å². The van der Waals surface area contributed by atoms with E-state index in [1.165, 1.54) is 0 Å². The van der Waals surface area contributed by atoms with Gasteiger partial charge in [-0.25, -0.2) is 4.79 Å². The highest BCUT2D eigenvalue weighted by Crippen LogP contribution is 2.39. The third kappa shape index (κ3) is 7.28. The SMILES string of the molecule is CCOC(=O)C(Nc1ccc(C(=N)N)cc1)c1cc(OCC)c(OCC)cc1OCCCO. The minimum absolute atomic E-state index is 0.0211. The molecule has 9 heteroatoms. The lowest BCUT2D eigenvalue weighted by molar-refractivity contribution is -0.144. The molecule has 2 rings (SSSR count). The van der Waals surface area contributed by atoms with Gasteiger partial charge in [0.1, 0.15) is 11.6 Å². The predicted octanol–water partition coefficient (Wildman–Crippen LogP) is 3.25. The Morgan fingerprint density at radius 2 is 1.64 bits per heavy atom. The highest BCUT2D eigenvalue weighted by atomic mass is 16.5. The lowest BCUT2D eigenvalue weighted by Crippen LogP contribution is -2.24. The van der Waals surface area contributed by atoms with E-state index in [9.17, 15) is 4.79 Å². The maximum absolute atomic E-state index is 13.0. The van der Waals surface area contributed by atoms with Gasteiger partial charge in [0.15, 0.2) is 17.5 Å². The van der Waals surface area contributed by atoms with E-state index in [1.807, 2.05) is 13.8 Å². The normalized spacial score (nSPS) is 11.4. The standard InChI is InChI=1S/C24H33N3O6/c1-4-30-20-14-18(19(33-13-7-12-28)15-21(20)31-5-2)22(24(29)32-6-3)27-17-10-8-16(9-11-17)23(25)26/h8-11,14-15,22,27-28H,4-7,12-13H2,1-3H3,(H3,25,26). The van der Waals surface area contributed by atoms with Crippen LogP contribution in [0, 0.1) is 5.41 Å². The maximum Gasteiger partial charge on any atom is 0.333 e. The molecule has 0 radical (unpaired) electrons. The Kier molecular flexibility index (Phi) is 10.3. The molecule has 0 amide bonds. The Morgan fingerprint density at radius 3 is 2.18 bits per heavy atom. The number of carbonyl (C=O) groups is 1. The van der Waals surface area contributed by atoms with Crippen LogP contribution in [0.4, 0.5) is 5.69 Å². The average molecular weight is 460 g/mol. The zero-order valence-electron chi connectivity index (χ0n) is 19.3. The Labute approximate surface area is 194 Å². The monoisotopic (exact) mass is 459 g/mol. The summed E-state index contributed by atoms with van der Waals surface area (Å²) < 4.78 is 22.7. The summed E-state index contributed by atoms with van der Waals surface area (Å²) >= 11 is 0. The number of nitrogens with one attached hydrogen (secondary N) is 2. The summed E-state index contributed by atoms with van der Waals surface area (Å²) in [5.74, 6) is 0.853. The molecule has 9 nitrogen and oxygen atoms in total. The summed E-state index contributed by atoms with van der Waals surface area (Å²) in [4.78, 5) is 13.0. The van der Waals surface area contributed by atoms with Gasteiger partial charge in [-0.2, -0.15) is 0 Å². The second-order valence-electron chi connectivity index (χ2n) is 6.95. The van der Waals surface area contributed by atoms with Gasteiger partial charge in [0.2, 0.25) is 0 Å². The summed E-state index contributed by atoms with van der Waals surface area (Å²) in [7, 11) is 0. The summed E-state index contributed by atoms with van der Waals surface area (Å²) in [5, 5.41) is 19.9. The molecule has 1 unspecified atom stereocenters. The molecule has 180 valence electrons. The van der Waals surface area contributed by atoms with Crippen molar-refractivity contribution in [3.63, 3.8) is 0 Å². The molecule has 0 aromatic heterocycles. The molecule has 0 aliphatic rings. The van der Waals surface area contributed by atoms with E-state index < -0.39 is 12.0 Å². The van der Waals surface area contributed by atoms with Crippen molar-refractivity contribution in [2.75, 3.05) is 38.4 Å². The first-order chi connectivity index (χ1) is 15.9. The first-order valence-electron chi connectivity index (χ1n) is 11.0. The molecule has 2 aromatic carbocycles. The van der Waals surface area contributed by atoms with E-state index in [1.54, 1.807) is 43.3 Å². The minimum Gasteiger partial charge on any atom is -0.493 e. The van der Waals surface area contributed by atoms with E-state index in [-0.39, 0.29) is 25.7 Å². The van der Waals surface area contributed by atoms with Gasteiger partial charge in [-0.3, -0.25) is 5.41 Å². The van der Waals surface area contributed by atoms with Crippen LogP contribution >= 0.6 is 0 Å². The number of nitrogens with two attached hydrogens (primary N) is 1. The number of hydrogen-bond acceptors (Lipinski definition) is 8. The van der Waals surface area contributed by atoms with Crippen molar-refractivity contribution in [2.24, 2.45) is 5.73 Å². The fourth-order valence-corrected chi connectivity index (χ4v) is 3.09. The number of carbonyl (C=O) groups excluding carboxylic acids is 1. The van der Waals surface area contributed by atoms with Crippen molar-refractivity contribution in [2.45, 2.75) is 33.2 Å². The zero-order valence-corrected chi connectivity index (χ0v) is 19.3. The largest absolute Gasteiger partial charge is 0.493 e. The number of rotatable bonds is 14. The number of ether oxygens (including phenoxy) is 4. The number of nitrogen functional groups attached to an aromatic ring is 1. The first-order valence-corrected chi connectivity index (χ1v) is 11.0. The van der Waals surface area contributed by atoms with Crippen LogP contribution in [0.2, 0.25) is 0 Å². The third-order valence-corrected chi connectivity index (χ3v) is 4.58. The third-order valence-electron chi connectivity index (χ3n) is 4.58. The molecule has 5 N–H and O–H groups in total. The smallest absolute Gasteiger partial charge is 0.333 e. The quantitative estimate of drug-likeness (QED) is 0.146. The van der Waals surface area contributed by atoms with Crippen LogP contribution in [0.3, 0.4) is 0 Å². The second-order valence-corrected chi connectivity index (χ2v) is 6.95. The molecule has 0 fully saturated rings. The fraction of sp³-hybridized carbons (Fsp3) is 0.417. The van der Waals surface area contributed by atoms with Gasteiger partial charge < -0.3 is 35.1 Å². The van der Waals surface area contributed by atoms with Crippen LogP contribution in [0.15, 0.2) is 36.4 Å². The molecule has 0 saturated heterocycles. The van der Waals surface area contributed by atoms with Crippen molar-refractivity contribution in [1.29, 1.82) is 5.41 Å². The van der Waals surface area contributed by atoms with Gasteiger partial charge in [-0.15, -0.1) is 0 Å². The summed E-state index contributed by atoms with van der Waals surface area (Å²) in [6, 6.07) is 9.33. The number of anilines is 1. The summed E-state index contributed by atoms with van der Waals surface area (Å²) in [5.41, 5.74) is 7.24. The van der Waals surface area contributed by atoms with Crippen LogP contribution < -0.4 is 25.3 Å². The van der Waals surface area contributed by atoms with Crippen LogP contribution in [0.5, 0.6) is 17.2 Å². The fourth-order valence-electron chi connectivity index (χ4n) is 3.09. The van der Waals surface area contributed by atoms with Crippen LogP contribution in [-0.4, -0.2) is 49.9 Å². The van der Waals surface area contributed by atoms with E-state index in [0.29, 0.717) is 53.7 Å². The molecule has 0 spiro atoms. The number of hydrogen-bond donors (Lipinski definition) is 4. The van der Waals surface area contributed by atoms with E-state index in [0.717, 1.165) is 0 Å². The number of aliphatic hydroxyl groups is 1. The van der Waals surface area contributed by atoms with Crippen LogP contribution in [-0.2, 0) is 9.53 Å². The van der Waals surface area contributed by atoms with Crippen LogP contribution in [0.1, 0.15) is 44.4 Å². The number of aliphatic hydroxyl groups excluding tert-OH is 1. The number of benzene rings is 2. The van der Waals surface area contributed by atoms with Gasteiger partial charge in [0.25, 0.3) is 0 Å². The lowest BCUT2D eigenvalue weighted by atomic mass is 10.0.